The number of likely N-dealkylation sites (N-methyl/N-ethyl adjacent to an activating group) is 1. The first-order valence-electron chi connectivity index (χ1n) is 9.48. The van der Waals surface area contributed by atoms with Crippen molar-refractivity contribution in [1.29, 1.82) is 0 Å². The molecule has 3 aromatic rings. The maximum atomic E-state index is 12.5. The summed E-state index contributed by atoms with van der Waals surface area (Å²) in [5, 5.41) is 1.26. The van der Waals surface area contributed by atoms with E-state index in [0.29, 0.717) is 5.75 Å². The fourth-order valence-corrected chi connectivity index (χ4v) is 5.60. The Balaban J connectivity index is 1.36. The van der Waals surface area contributed by atoms with Crippen LogP contribution in [0.1, 0.15) is 5.56 Å². The van der Waals surface area contributed by atoms with Crippen LogP contribution in [-0.2, 0) is 21.3 Å². The van der Waals surface area contributed by atoms with E-state index < -0.39 is 10.8 Å². The number of nitrogens with zero attached hydrogens (tertiary/aromatic N) is 2. The van der Waals surface area contributed by atoms with Crippen LogP contribution >= 0.6 is 11.3 Å². The molecule has 1 unspecified atom stereocenters. The fourth-order valence-electron chi connectivity index (χ4n) is 3.41. The summed E-state index contributed by atoms with van der Waals surface area (Å²) in [6.45, 7) is 3.24. The van der Waals surface area contributed by atoms with Crippen molar-refractivity contribution in [1.82, 2.24) is 9.80 Å². The molecule has 4 rings (SSSR count). The standard InChI is InChI=1S/C22H24N2O2S2/c1-23-10-12-24(13-11-23)22(25)16-28(26)15-17-6-8-18(9-7-17)21-14-19-4-2-3-5-20(19)27-21/h2-9,14H,10-13,15-16H2,1H3. The number of hydrogen-bond donors (Lipinski definition) is 0. The number of carbonyl (C=O) groups is 1. The van der Waals surface area contributed by atoms with E-state index in [2.05, 4.69) is 54.4 Å². The molecule has 6 heteroatoms. The first-order valence-corrected chi connectivity index (χ1v) is 11.8. The van der Waals surface area contributed by atoms with Crippen LogP contribution in [0.3, 0.4) is 0 Å². The number of benzene rings is 2. The monoisotopic (exact) mass is 412 g/mol. The van der Waals surface area contributed by atoms with Crippen LogP contribution in [0.15, 0.2) is 54.6 Å². The second-order valence-corrected chi connectivity index (χ2v) is 9.80. The Morgan fingerprint density at radius 2 is 1.75 bits per heavy atom. The highest BCUT2D eigenvalue weighted by Crippen LogP contribution is 2.33. The first-order chi connectivity index (χ1) is 13.6. The highest BCUT2D eigenvalue weighted by Gasteiger charge is 2.20. The van der Waals surface area contributed by atoms with Gasteiger partial charge in [-0.3, -0.25) is 9.00 Å². The number of piperazine rings is 1. The number of amides is 1. The lowest BCUT2D eigenvalue weighted by Crippen LogP contribution is -2.48. The maximum Gasteiger partial charge on any atom is 0.235 e. The summed E-state index contributed by atoms with van der Waals surface area (Å²) < 4.78 is 13.7. The van der Waals surface area contributed by atoms with Gasteiger partial charge in [-0.2, -0.15) is 0 Å². The molecule has 1 saturated heterocycles. The molecule has 2 heterocycles. The molecule has 1 aliphatic rings. The summed E-state index contributed by atoms with van der Waals surface area (Å²) in [5.41, 5.74) is 2.18. The molecule has 0 radical (unpaired) electrons. The number of thiophene rings is 1. The second-order valence-electron chi connectivity index (χ2n) is 7.26. The van der Waals surface area contributed by atoms with Crippen molar-refractivity contribution < 1.29 is 9.00 Å². The van der Waals surface area contributed by atoms with Gasteiger partial charge in [-0.15, -0.1) is 11.3 Å². The largest absolute Gasteiger partial charge is 0.339 e. The molecule has 0 N–H and O–H groups in total. The van der Waals surface area contributed by atoms with E-state index >= 15 is 0 Å². The zero-order chi connectivity index (χ0) is 19.5. The zero-order valence-electron chi connectivity index (χ0n) is 16.0. The minimum Gasteiger partial charge on any atom is -0.339 e. The van der Waals surface area contributed by atoms with Crippen LogP contribution in [0.4, 0.5) is 0 Å². The predicted octanol–water partition coefficient (Wildman–Crippen LogP) is 3.59. The molecular weight excluding hydrogens is 388 g/mol. The normalized spacial score (nSPS) is 16.4. The van der Waals surface area contributed by atoms with Gasteiger partial charge in [0.05, 0.1) is 0 Å². The zero-order valence-corrected chi connectivity index (χ0v) is 17.6. The average molecular weight is 413 g/mol. The Morgan fingerprint density at radius 1 is 1.04 bits per heavy atom. The van der Waals surface area contributed by atoms with Crippen LogP contribution in [0, 0.1) is 0 Å². The van der Waals surface area contributed by atoms with Gasteiger partial charge in [0.25, 0.3) is 0 Å². The van der Waals surface area contributed by atoms with Crippen LogP contribution in [-0.4, -0.2) is 58.9 Å². The molecule has 1 aliphatic heterocycles. The van der Waals surface area contributed by atoms with Gasteiger partial charge in [-0.05, 0) is 35.7 Å². The van der Waals surface area contributed by atoms with Gasteiger partial charge in [-0.25, -0.2) is 0 Å². The quantitative estimate of drug-likeness (QED) is 0.643. The van der Waals surface area contributed by atoms with Crippen molar-refractivity contribution in [2.24, 2.45) is 0 Å². The molecule has 146 valence electrons. The average Bonchev–Trinajstić information content (AvgIpc) is 3.13. The second kappa shape index (κ2) is 8.55. The van der Waals surface area contributed by atoms with Crippen LogP contribution < -0.4 is 0 Å². The van der Waals surface area contributed by atoms with Gasteiger partial charge >= 0.3 is 0 Å². The Labute approximate surface area is 172 Å². The molecule has 1 fully saturated rings. The molecule has 1 aromatic heterocycles. The Kier molecular flexibility index (Phi) is 5.90. The van der Waals surface area contributed by atoms with Gasteiger partial charge in [-0.1, -0.05) is 42.5 Å². The van der Waals surface area contributed by atoms with Gasteiger partial charge < -0.3 is 9.80 Å². The highest BCUT2D eigenvalue weighted by molar-refractivity contribution is 7.84. The summed E-state index contributed by atoms with van der Waals surface area (Å²) in [6, 6.07) is 18.8. The smallest absolute Gasteiger partial charge is 0.235 e. The maximum absolute atomic E-state index is 12.5. The van der Waals surface area contributed by atoms with Crippen molar-refractivity contribution in [3.05, 3.63) is 60.2 Å². The Hall–Kier alpha value is -2.02. The van der Waals surface area contributed by atoms with E-state index in [9.17, 15) is 9.00 Å². The molecule has 1 amide bonds. The molecule has 0 spiro atoms. The van der Waals surface area contributed by atoms with E-state index in [1.807, 2.05) is 17.0 Å². The molecule has 0 saturated carbocycles. The summed E-state index contributed by atoms with van der Waals surface area (Å²) in [7, 11) is 0.881. The lowest BCUT2D eigenvalue weighted by molar-refractivity contribution is -0.129. The highest BCUT2D eigenvalue weighted by atomic mass is 32.2. The summed E-state index contributed by atoms with van der Waals surface area (Å²) in [5.74, 6) is 0.543. The van der Waals surface area contributed by atoms with Gasteiger partial charge in [0, 0.05) is 52.3 Å². The van der Waals surface area contributed by atoms with E-state index in [1.54, 1.807) is 11.3 Å². The number of hydrogen-bond acceptors (Lipinski definition) is 4. The minimum atomic E-state index is -1.18. The summed E-state index contributed by atoms with van der Waals surface area (Å²) in [6.07, 6.45) is 0. The number of fused-ring (bicyclic) bond motifs is 1. The van der Waals surface area contributed by atoms with Gasteiger partial charge in [0.2, 0.25) is 5.91 Å². The van der Waals surface area contributed by atoms with Crippen molar-refractivity contribution in [2.75, 3.05) is 39.0 Å². The van der Waals surface area contributed by atoms with Crippen LogP contribution in [0.5, 0.6) is 0 Å². The fraction of sp³-hybridized carbons (Fsp3) is 0.318. The summed E-state index contributed by atoms with van der Waals surface area (Å²) >= 11 is 1.78. The molecule has 28 heavy (non-hydrogen) atoms. The minimum absolute atomic E-state index is 0.00771. The molecule has 2 aromatic carbocycles. The van der Waals surface area contributed by atoms with Crippen LogP contribution in [0.25, 0.3) is 20.5 Å². The van der Waals surface area contributed by atoms with Gasteiger partial charge in [0.1, 0.15) is 5.75 Å². The Morgan fingerprint density at radius 3 is 2.46 bits per heavy atom. The molecule has 0 bridgehead atoms. The van der Waals surface area contributed by atoms with Crippen molar-refractivity contribution in [2.45, 2.75) is 5.75 Å². The van der Waals surface area contributed by atoms with E-state index in [1.165, 1.54) is 20.5 Å². The molecule has 4 nitrogen and oxygen atoms in total. The molecular formula is C22H24N2O2S2. The van der Waals surface area contributed by atoms with Crippen molar-refractivity contribution in [3.63, 3.8) is 0 Å². The number of rotatable bonds is 5. The van der Waals surface area contributed by atoms with Gasteiger partial charge in [0.15, 0.2) is 0 Å². The van der Waals surface area contributed by atoms with E-state index in [-0.39, 0.29) is 11.7 Å². The summed E-state index contributed by atoms with van der Waals surface area (Å²) in [4.78, 5) is 17.6. The molecule has 0 aliphatic carbocycles. The SMILES string of the molecule is CN1CCN(C(=O)CS(=O)Cc2ccc(-c3cc4ccccc4s3)cc2)CC1. The third kappa shape index (κ3) is 4.51. The topological polar surface area (TPSA) is 40.6 Å². The van der Waals surface area contributed by atoms with Crippen molar-refractivity contribution in [3.8, 4) is 10.4 Å². The lowest BCUT2D eigenvalue weighted by Gasteiger charge is -2.32. The Bertz CT molecular complexity index is 956. The first kappa shape index (κ1) is 19.3. The van der Waals surface area contributed by atoms with E-state index in [4.69, 9.17) is 0 Å². The van der Waals surface area contributed by atoms with Crippen LogP contribution in [0.2, 0.25) is 0 Å². The van der Waals surface area contributed by atoms with E-state index in [0.717, 1.165) is 31.7 Å². The third-order valence-electron chi connectivity index (χ3n) is 5.13. The third-order valence-corrected chi connectivity index (χ3v) is 7.52. The number of carbonyl (C=O) groups excluding carboxylic acids is 1. The predicted molar refractivity (Wildman–Crippen MR) is 118 cm³/mol. The van der Waals surface area contributed by atoms with Crippen molar-refractivity contribution >= 4 is 38.1 Å². The molecule has 1 atom stereocenters. The lowest BCUT2D eigenvalue weighted by atomic mass is 10.1.